The fourth-order valence-corrected chi connectivity index (χ4v) is 3.56. The zero-order valence-corrected chi connectivity index (χ0v) is 19.7. The molecule has 0 aliphatic heterocycles. The first-order valence-electron chi connectivity index (χ1n) is 10.6. The van der Waals surface area contributed by atoms with Crippen LogP contribution >= 0.6 is 11.6 Å². The van der Waals surface area contributed by atoms with Crippen LogP contribution in [0.15, 0.2) is 77.2 Å². The summed E-state index contributed by atoms with van der Waals surface area (Å²) in [4.78, 5) is 23.6. The molecule has 1 amide bonds. The number of anilines is 1. The second-order valence-electron chi connectivity index (χ2n) is 7.81. The first-order chi connectivity index (χ1) is 16.8. The van der Waals surface area contributed by atoms with Gasteiger partial charge >= 0.3 is 0 Å². The normalized spacial score (nSPS) is 10.6. The molecule has 178 valence electrons. The van der Waals surface area contributed by atoms with Crippen molar-refractivity contribution in [1.29, 1.82) is 0 Å². The summed E-state index contributed by atoms with van der Waals surface area (Å²) in [6.07, 6.45) is 0. The van der Waals surface area contributed by atoms with Gasteiger partial charge in [-0.15, -0.1) is 0 Å². The molecule has 0 saturated carbocycles. The molecule has 0 bridgehead atoms. The van der Waals surface area contributed by atoms with Crippen LogP contribution in [-0.2, 0) is 6.61 Å². The smallest absolute Gasteiger partial charge is 0.291 e. The predicted octanol–water partition coefficient (Wildman–Crippen LogP) is 7.08. The molecule has 1 heterocycles. The fourth-order valence-electron chi connectivity index (χ4n) is 3.33. The molecule has 0 spiro atoms. The summed E-state index contributed by atoms with van der Waals surface area (Å²) in [7, 11) is 0. The Bertz CT molecular complexity index is 1400. The number of rotatable bonds is 8. The standard InChI is InChI=1S/C26H21ClN2O6/c1-16-4-3-5-21(10-16)34-23-13-19(12-20(14-23)29(31)32)28-26(30)25-9-7-22(35-25)15-33-24-8-6-18(27)11-17(24)2/h3-14H,15H2,1-2H3,(H,28,30). The van der Waals surface area contributed by atoms with Crippen LogP contribution in [0, 0.1) is 24.0 Å². The molecular weight excluding hydrogens is 472 g/mol. The summed E-state index contributed by atoms with van der Waals surface area (Å²) in [5.41, 5.74) is 1.82. The van der Waals surface area contributed by atoms with Crippen molar-refractivity contribution in [3.63, 3.8) is 0 Å². The quantitative estimate of drug-likeness (QED) is 0.208. The number of furan rings is 1. The van der Waals surface area contributed by atoms with E-state index in [2.05, 4.69) is 5.32 Å². The second-order valence-corrected chi connectivity index (χ2v) is 8.25. The molecule has 1 N–H and O–H groups in total. The summed E-state index contributed by atoms with van der Waals surface area (Å²) in [5, 5.41) is 14.6. The maximum Gasteiger partial charge on any atom is 0.291 e. The molecule has 0 aliphatic rings. The number of hydrogen-bond acceptors (Lipinski definition) is 6. The van der Waals surface area contributed by atoms with E-state index in [4.69, 9.17) is 25.5 Å². The molecule has 0 radical (unpaired) electrons. The Morgan fingerprint density at radius 1 is 1.03 bits per heavy atom. The van der Waals surface area contributed by atoms with Gasteiger partial charge in [0, 0.05) is 17.2 Å². The van der Waals surface area contributed by atoms with E-state index in [0.29, 0.717) is 22.3 Å². The lowest BCUT2D eigenvalue weighted by molar-refractivity contribution is -0.384. The second kappa shape index (κ2) is 10.3. The molecule has 35 heavy (non-hydrogen) atoms. The number of nitrogens with zero attached hydrogens (tertiary/aromatic N) is 1. The number of ether oxygens (including phenoxy) is 2. The molecule has 4 aromatic rings. The first-order valence-corrected chi connectivity index (χ1v) is 11.0. The van der Waals surface area contributed by atoms with Crippen LogP contribution in [0.25, 0.3) is 0 Å². The zero-order valence-electron chi connectivity index (χ0n) is 18.9. The van der Waals surface area contributed by atoms with Gasteiger partial charge in [-0.05, 0) is 67.4 Å². The summed E-state index contributed by atoms with van der Waals surface area (Å²) < 4.78 is 17.1. The Morgan fingerprint density at radius 2 is 1.86 bits per heavy atom. The fraction of sp³-hybridized carbons (Fsp3) is 0.115. The minimum Gasteiger partial charge on any atom is -0.485 e. The number of benzene rings is 3. The van der Waals surface area contributed by atoms with Gasteiger partial charge in [-0.3, -0.25) is 14.9 Å². The molecule has 0 fully saturated rings. The van der Waals surface area contributed by atoms with Gasteiger partial charge in [0.25, 0.3) is 11.6 Å². The van der Waals surface area contributed by atoms with Gasteiger partial charge < -0.3 is 19.2 Å². The lowest BCUT2D eigenvalue weighted by atomic mass is 10.2. The largest absolute Gasteiger partial charge is 0.485 e. The average Bonchev–Trinajstić information content (AvgIpc) is 3.27. The number of carbonyl (C=O) groups excluding carboxylic acids is 1. The Labute approximate surface area is 206 Å². The molecule has 0 unspecified atom stereocenters. The van der Waals surface area contributed by atoms with Gasteiger partial charge in [0.05, 0.1) is 16.7 Å². The summed E-state index contributed by atoms with van der Waals surface area (Å²) in [5.74, 6) is 1.29. The van der Waals surface area contributed by atoms with Gasteiger partial charge in [0.15, 0.2) is 5.76 Å². The van der Waals surface area contributed by atoms with E-state index >= 15 is 0 Å². The number of hydrogen-bond donors (Lipinski definition) is 1. The van der Waals surface area contributed by atoms with Crippen LogP contribution in [0.4, 0.5) is 11.4 Å². The molecule has 1 aromatic heterocycles. The number of non-ortho nitro benzene ring substituents is 1. The summed E-state index contributed by atoms with van der Waals surface area (Å²) in [6.45, 7) is 3.89. The van der Waals surface area contributed by atoms with E-state index in [0.717, 1.165) is 11.1 Å². The molecule has 0 aliphatic carbocycles. The van der Waals surface area contributed by atoms with Crippen molar-refractivity contribution in [2.24, 2.45) is 0 Å². The van der Waals surface area contributed by atoms with E-state index in [-0.39, 0.29) is 29.5 Å². The van der Waals surface area contributed by atoms with Crippen LogP contribution in [0.3, 0.4) is 0 Å². The molecular formula is C26H21ClN2O6. The molecule has 0 atom stereocenters. The number of nitrogens with one attached hydrogen (secondary N) is 1. The van der Waals surface area contributed by atoms with Crippen molar-refractivity contribution in [3.8, 4) is 17.2 Å². The first kappa shape index (κ1) is 23.8. The minimum absolute atomic E-state index is 0.0316. The molecule has 8 nitrogen and oxygen atoms in total. The highest BCUT2D eigenvalue weighted by Crippen LogP contribution is 2.30. The summed E-state index contributed by atoms with van der Waals surface area (Å²) >= 11 is 5.96. The topological polar surface area (TPSA) is 104 Å². The van der Waals surface area contributed by atoms with Gasteiger partial charge in [-0.1, -0.05) is 23.7 Å². The van der Waals surface area contributed by atoms with Crippen molar-refractivity contribution in [2.45, 2.75) is 20.5 Å². The monoisotopic (exact) mass is 492 g/mol. The number of halogens is 1. The Morgan fingerprint density at radius 3 is 2.60 bits per heavy atom. The highest BCUT2D eigenvalue weighted by atomic mass is 35.5. The van der Waals surface area contributed by atoms with Crippen LogP contribution in [0.2, 0.25) is 5.02 Å². The van der Waals surface area contributed by atoms with Gasteiger partial charge in [-0.25, -0.2) is 0 Å². The SMILES string of the molecule is Cc1cccc(Oc2cc(NC(=O)c3ccc(COc4ccc(Cl)cc4C)o3)cc([N+](=O)[O-])c2)c1. The highest BCUT2D eigenvalue weighted by molar-refractivity contribution is 6.30. The third-order valence-corrected chi connectivity index (χ3v) is 5.21. The highest BCUT2D eigenvalue weighted by Gasteiger charge is 2.16. The lowest BCUT2D eigenvalue weighted by Gasteiger charge is -2.09. The average molecular weight is 493 g/mol. The predicted molar refractivity (Wildman–Crippen MR) is 132 cm³/mol. The molecule has 9 heteroatoms. The number of aryl methyl sites for hydroxylation is 2. The molecule has 0 saturated heterocycles. The Balaban J connectivity index is 1.46. The van der Waals surface area contributed by atoms with Crippen molar-refractivity contribution in [1.82, 2.24) is 0 Å². The van der Waals surface area contributed by atoms with Gasteiger partial charge in [-0.2, -0.15) is 0 Å². The van der Waals surface area contributed by atoms with Gasteiger partial charge in [0.1, 0.15) is 29.6 Å². The van der Waals surface area contributed by atoms with Crippen LogP contribution in [0.5, 0.6) is 17.2 Å². The maximum absolute atomic E-state index is 12.7. The Hall–Kier alpha value is -4.30. The van der Waals surface area contributed by atoms with E-state index in [1.807, 2.05) is 26.0 Å². The third-order valence-electron chi connectivity index (χ3n) is 4.98. The van der Waals surface area contributed by atoms with Crippen molar-refractivity contribution in [2.75, 3.05) is 5.32 Å². The van der Waals surface area contributed by atoms with Crippen LogP contribution in [-0.4, -0.2) is 10.8 Å². The molecule has 3 aromatic carbocycles. The van der Waals surface area contributed by atoms with E-state index in [1.165, 1.54) is 24.3 Å². The van der Waals surface area contributed by atoms with E-state index in [9.17, 15) is 14.9 Å². The minimum atomic E-state index is -0.569. The van der Waals surface area contributed by atoms with E-state index in [1.54, 1.807) is 36.4 Å². The molecule has 4 rings (SSSR count). The maximum atomic E-state index is 12.7. The number of amides is 1. The van der Waals surface area contributed by atoms with Crippen molar-refractivity contribution < 1.29 is 23.6 Å². The van der Waals surface area contributed by atoms with E-state index < -0.39 is 10.8 Å². The van der Waals surface area contributed by atoms with Crippen molar-refractivity contribution >= 4 is 28.9 Å². The third kappa shape index (κ3) is 6.18. The number of nitro groups is 1. The zero-order chi connectivity index (χ0) is 24.9. The van der Waals surface area contributed by atoms with Crippen LogP contribution < -0.4 is 14.8 Å². The lowest BCUT2D eigenvalue weighted by Crippen LogP contribution is -2.11. The summed E-state index contributed by atoms with van der Waals surface area (Å²) in [6, 6.07) is 19.7. The Kier molecular flexibility index (Phi) is 7.03. The number of carbonyl (C=O) groups is 1. The van der Waals surface area contributed by atoms with Crippen molar-refractivity contribution in [3.05, 3.63) is 111 Å². The van der Waals surface area contributed by atoms with Gasteiger partial charge in [0.2, 0.25) is 0 Å². The number of nitro benzene ring substituents is 1. The van der Waals surface area contributed by atoms with Crippen LogP contribution in [0.1, 0.15) is 27.4 Å².